The van der Waals surface area contributed by atoms with Gasteiger partial charge in [0.2, 0.25) is 0 Å². The Kier molecular flexibility index (Phi) is 6.61. The van der Waals surface area contributed by atoms with Crippen molar-refractivity contribution in [1.82, 2.24) is 10.2 Å². The number of carbonyl (C=O) groups is 2. The lowest BCUT2D eigenvalue weighted by Crippen LogP contribution is -2.51. The van der Waals surface area contributed by atoms with Gasteiger partial charge in [0, 0.05) is 23.8 Å². The number of nitrogens with one attached hydrogen (secondary N) is 2. The molecule has 0 saturated carbocycles. The number of halogens is 2. The number of amides is 2. The molecule has 164 valence electrons. The van der Waals surface area contributed by atoms with E-state index in [4.69, 9.17) is 0 Å². The van der Waals surface area contributed by atoms with E-state index in [0.717, 1.165) is 18.6 Å². The Hall–Kier alpha value is -2.80. The maximum atomic E-state index is 13.8. The van der Waals surface area contributed by atoms with Crippen molar-refractivity contribution >= 4 is 17.5 Å². The number of hydrogen-bond donors (Lipinski definition) is 2. The van der Waals surface area contributed by atoms with Gasteiger partial charge < -0.3 is 15.5 Å². The molecule has 0 spiro atoms. The Morgan fingerprint density at radius 2 is 1.61 bits per heavy atom. The molecule has 0 aliphatic carbocycles. The largest absolute Gasteiger partial charge is 0.352 e. The van der Waals surface area contributed by atoms with Crippen molar-refractivity contribution in [3.8, 4) is 0 Å². The third-order valence-electron chi connectivity index (χ3n) is 6.35. The Morgan fingerprint density at radius 1 is 0.903 bits per heavy atom. The maximum absolute atomic E-state index is 13.8. The monoisotopic (exact) mass is 427 g/mol. The molecule has 2 aromatic rings. The van der Waals surface area contributed by atoms with Crippen molar-refractivity contribution in [2.24, 2.45) is 5.92 Å². The van der Waals surface area contributed by atoms with Crippen molar-refractivity contribution in [3.05, 3.63) is 65.2 Å². The fraction of sp³-hybridized carbons (Fsp3) is 0.417. The number of carbonyl (C=O) groups excluding carboxylic acids is 2. The fourth-order valence-electron chi connectivity index (χ4n) is 4.75. The van der Waals surface area contributed by atoms with Crippen molar-refractivity contribution in [2.45, 2.75) is 38.1 Å². The number of hydrogen-bond acceptors (Lipinski definition) is 3. The van der Waals surface area contributed by atoms with E-state index in [9.17, 15) is 18.4 Å². The zero-order valence-electron chi connectivity index (χ0n) is 17.4. The van der Waals surface area contributed by atoms with Crippen LogP contribution >= 0.6 is 0 Å². The van der Waals surface area contributed by atoms with Crippen molar-refractivity contribution in [2.75, 3.05) is 25.0 Å². The van der Waals surface area contributed by atoms with Gasteiger partial charge in [-0.2, -0.15) is 0 Å². The Morgan fingerprint density at radius 3 is 2.35 bits per heavy atom. The second-order valence-electron chi connectivity index (χ2n) is 8.34. The van der Waals surface area contributed by atoms with Crippen LogP contribution in [0.15, 0.2) is 42.5 Å². The fourth-order valence-corrected chi connectivity index (χ4v) is 4.75. The number of benzene rings is 2. The molecule has 2 heterocycles. The van der Waals surface area contributed by atoms with Crippen molar-refractivity contribution in [1.29, 1.82) is 0 Å². The molecule has 2 amide bonds. The molecule has 2 atom stereocenters. The normalized spacial score (nSPS) is 21.2. The molecule has 2 aliphatic rings. The molecule has 2 saturated heterocycles. The number of anilines is 1. The number of nitrogens with zero attached hydrogens (tertiary/aromatic N) is 1. The first-order valence-electron chi connectivity index (χ1n) is 10.9. The zero-order chi connectivity index (χ0) is 21.8. The molecule has 0 bridgehead atoms. The summed E-state index contributed by atoms with van der Waals surface area (Å²) in [5, 5.41) is 5.52. The van der Waals surface area contributed by atoms with Crippen LogP contribution in [0.4, 0.5) is 14.5 Å². The van der Waals surface area contributed by atoms with Gasteiger partial charge in [-0.15, -0.1) is 0 Å². The van der Waals surface area contributed by atoms with E-state index in [1.165, 1.54) is 44.8 Å². The Bertz CT molecular complexity index is 926. The summed E-state index contributed by atoms with van der Waals surface area (Å²) < 4.78 is 27.5. The molecular formula is C24H27F2N3O2. The summed E-state index contributed by atoms with van der Waals surface area (Å²) in [7, 11) is 0. The van der Waals surface area contributed by atoms with E-state index in [1.807, 2.05) is 0 Å². The van der Waals surface area contributed by atoms with E-state index in [0.29, 0.717) is 29.8 Å². The highest BCUT2D eigenvalue weighted by atomic mass is 19.1. The number of piperidine rings is 2. The van der Waals surface area contributed by atoms with Crippen LogP contribution < -0.4 is 10.6 Å². The van der Waals surface area contributed by atoms with Crippen LogP contribution in [-0.2, 0) is 0 Å². The smallest absolute Gasteiger partial charge is 0.261 e. The second kappa shape index (κ2) is 9.56. The van der Waals surface area contributed by atoms with Gasteiger partial charge in [0.05, 0.1) is 0 Å². The summed E-state index contributed by atoms with van der Waals surface area (Å²) in [5.74, 6) is -2.40. The minimum absolute atomic E-state index is 0.161. The molecule has 0 aromatic heterocycles. The average Bonchev–Trinajstić information content (AvgIpc) is 2.78. The summed E-state index contributed by atoms with van der Waals surface area (Å²) in [4.78, 5) is 27.3. The van der Waals surface area contributed by atoms with Crippen molar-refractivity contribution < 1.29 is 18.4 Å². The number of fused-ring (bicyclic) bond motifs is 1. The van der Waals surface area contributed by atoms with Crippen molar-refractivity contribution in [3.63, 3.8) is 0 Å². The highest BCUT2D eigenvalue weighted by Gasteiger charge is 2.32. The predicted molar refractivity (Wildman–Crippen MR) is 115 cm³/mol. The van der Waals surface area contributed by atoms with Crippen LogP contribution in [0.25, 0.3) is 0 Å². The van der Waals surface area contributed by atoms with E-state index in [-0.39, 0.29) is 5.91 Å². The number of rotatable bonds is 5. The quantitative estimate of drug-likeness (QED) is 0.752. The lowest BCUT2D eigenvalue weighted by molar-refractivity contribution is 0.0575. The SMILES string of the molecule is O=C(NC[C@@H]1CCCN2CCCC[C@H]12)c1ccc(NC(=O)c2c(F)cccc2F)cc1. The topological polar surface area (TPSA) is 61.4 Å². The van der Waals surface area contributed by atoms with Crippen LogP contribution in [0, 0.1) is 17.6 Å². The lowest BCUT2D eigenvalue weighted by atomic mass is 9.83. The Labute approximate surface area is 180 Å². The molecule has 0 radical (unpaired) electrons. The molecule has 2 aliphatic heterocycles. The Balaban J connectivity index is 1.33. The summed E-state index contributed by atoms with van der Waals surface area (Å²) >= 11 is 0. The van der Waals surface area contributed by atoms with Crippen LogP contribution in [0.2, 0.25) is 0 Å². The van der Waals surface area contributed by atoms with Crippen LogP contribution in [0.1, 0.15) is 52.8 Å². The molecule has 2 aromatic carbocycles. The van der Waals surface area contributed by atoms with E-state index < -0.39 is 23.1 Å². The zero-order valence-corrected chi connectivity index (χ0v) is 17.4. The first-order chi connectivity index (χ1) is 15.0. The first-order valence-corrected chi connectivity index (χ1v) is 10.9. The molecule has 2 N–H and O–H groups in total. The van der Waals surface area contributed by atoms with E-state index in [2.05, 4.69) is 15.5 Å². The van der Waals surface area contributed by atoms with Gasteiger partial charge in [-0.1, -0.05) is 12.5 Å². The lowest BCUT2D eigenvalue weighted by Gasteiger charge is -2.44. The average molecular weight is 427 g/mol. The molecule has 31 heavy (non-hydrogen) atoms. The van der Waals surface area contributed by atoms with Gasteiger partial charge in [0.25, 0.3) is 11.8 Å². The van der Waals surface area contributed by atoms with Crippen LogP contribution in [0.3, 0.4) is 0 Å². The van der Waals surface area contributed by atoms with Gasteiger partial charge in [-0.3, -0.25) is 9.59 Å². The predicted octanol–water partition coefficient (Wildman–Crippen LogP) is 4.21. The van der Waals surface area contributed by atoms with Crippen LogP contribution in [-0.4, -0.2) is 42.4 Å². The van der Waals surface area contributed by atoms with Gasteiger partial charge >= 0.3 is 0 Å². The highest BCUT2D eigenvalue weighted by molar-refractivity contribution is 6.05. The molecular weight excluding hydrogens is 400 g/mol. The van der Waals surface area contributed by atoms with Gasteiger partial charge in [-0.05, 0) is 81.1 Å². The third-order valence-corrected chi connectivity index (χ3v) is 6.35. The second-order valence-corrected chi connectivity index (χ2v) is 8.34. The minimum Gasteiger partial charge on any atom is -0.352 e. The summed E-state index contributed by atoms with van der Waals surface area (Å²) in [6.07, 6.45) is 6.04. The molecule has 5 nitrogen and oxygen atoms in total. The standard InChI is InChI=1S/C24H27F2N3O2/c25-19-6-3-7-20(26)22(19)24(31)28-18-11-9-16(10-12-18)23(30)27-15-17-5-4-14-29-13-2-1-8-21(17)29/h3,6-7,9-12,17,21H,1-2,4-5,8,13-15H2,(H,27,30)(H,28,31)/t17-,21+/m0/s1. The van der Waals surface area contributed by atoms with E-state index >= 15 is 0 Å². The van der Waals surface area contributed by atoms with Gasteiger partial charge in [-0.25, -0.2) is 8.78 Å². The highest BCUT2D eigenvalue weighted by Crippen LogP contribution is 2.30. The van der Waals surface area contributed by atoms with Gasteiger partial charge in [0.15, 0.2) is 0 Å². The van der Waals surface area contributed by atoms with E-state index in [1.54, 1.807) is 24.3 Å². The molecule has 7 heteroatoms. The molecule has 0 unspecified atom stereocenters. The first kappa shape index (κ1) is 21.4. The van der Waals surface area contributed by atoms with Crippen LogP contribution in [0.5, 0.6) is 0 Å². The summed E-state index contributed by atoms with van der Waals surface area (Å²) in [6, 6.07) is 10.1. The maximum Gasteiger partial charge on any atom is 0.261 e. The summed E-state index contributed by atoms with van der Waals surface area (Å²) in [5.41, 5.74) is 0.203. The minimum atomic E-state index is -0.923. The molecule has 2 fully saturated rings. The van der Waals surface area contributed by atoms with Gasteiger partial charge in [0.1, 0.15) is 17.2 Å². The third kappa shape index (κ3) is 4.93. The molecule has 4 rings (SSSR count). The summed E-state index contributed by atoms with van der Waals surface area (Å²) in [6.45, 7) is 2.99.